The van der Waals surface area contributed by atoms with E-state index in [1.807, 2.05) is 0 Å². The summed E-state index contributed by atoms with van der Waals surface area (Å²) < 4.78 is 51.4. The molecule has 41 heavy (non-hydrogen) atoms. The van der Waals surface area contributed by atoms with E-state index in [2.05, 4.69) is 20.0 Å². The molecule has 0 spiro atoms. The molecule has 1 unspecified atom stereocenters. The van der Waals surface area contributed by atoms with Gasteiger partial charge in [0.2, 0.25) is 0 Å². The average molecular weight is 603 g/mol. The number of urea groups is 1. The Bertz CT molecular complexity index is 1780. The predicted molar refractivity (Wildman–Crippen MR) is 152 cm³/mol. The summed E-state index contributed by atoms with van der Waals surface area (Å²) in [7, 11) is -2.94. The van der Waals surface area contributed by atoms with E-state index in [0.29, 0.717) is 10.2 Å². The van der Waals surface area contributed by atoms with Crippen molar-refractivity contribution in [1.82, 2.24) is 4.98 Å². The lowest BCUT2D eigenvalue weighted by atomic mass is 10.2. The summed E-state index contributed by atoms with van der Waals surface area (Å²) in [5.41, 5.74) is 0.915. The van der Waals surface area contributed by atoms with Gasteiger partial charge in [0.25, 0.3) is 5.91 Å². The van der Waals surface area contributed by atoms with Gasteiger partial charge in [0, 0.05) is 36.8 Å². The fraction of sp³-hybridized carbons (Fsp3) is 0.185. The van der Waals surface area contributed by atoms with Crippen LogP contribution in [0.15, 0.2) is 59.1 Å². The SMILES string of the molecule is Cc1ccc(F)c(NC(=O)Nc2ccc(Oc3ccnc4cc(C(=O)N=S(C)(=O)CCCC(=O)O)sc34)cc2F)c1. The molecule has 0 aliphatic rings. The van der Waals surface area contributed by atoms with Gasteiger partial charge in [0.15, 0.2) is 0 Å². The van der Waals surface area contributed by atoms with Crippen molar-refractivity contribution in [2.75, 3.05) is 22.6 Å². The van der Waals surface area contributed by atoms with Crippen LogP contribution in [-0.2, 0) is 14.5 Å². The van der Waals surface area contributed by atoms with Gasteiger partial charge >= 0.3 is 12.0 Å². The maximum Gasteiger partial charge on any atom is 0.323 e. The minimum Gasteiger partial charge on any atom is -0.481 e. The van der Waals surface area contributed by atoms with Crippen LogP contribution in [0.2, 0.25) is 0 Å². The normalized spacial score (nSPS) is 12.4. The van der Waals surface area contributed by atoms with Gasteiger partial charge < -0.3 is 20.5 Å². The molecule has 0 saturated carbocycles. The molecule has 14 heteroatoms. The number of hydrogen-bond donors (Lipinski definition) is 3. The van der Waals surface area contributed by atoms with Crippen LogP contribution in [0, 0.1) is 18.6 Å². The van der Waals surface area contributed by atoms with E-state index in [-0.39, 0.29) is 46.3 Å². The Morgan fingerprint density at radius 3 is 2.54 bits per heavy atom. The molecule has 0 fully saturated rings. The number of halogens is 2. The summed E-state index contributed by atoms with van der Waals surface area (Å²) in [5, 5.41) is 13.4. The van der Waals surface area contributed by atoms with Crippen molar-refractivity contribution in [3.63, 3.8) is 0 Å². The second-order valence-corrected chi connectivity index (χ2v) is 12.6. The first-order valence-electron chi connectivity index (χ1n) is 12.1. The number of benzene rings is 2. The summed E-state index contributed by atoms with van der Waals surface area (Å²) in [6.45, 7) is 1.73. The molecule has 3 N–H and O–H groups in total. The molecule has 4 aromatic rings. The number of ether oxygens (including phenoxy) is 1. The third-order valence-corrected chi connectivity index (χ3v) is 8.29. The van der Waals surface area contributed by atoms with Crippen molar-refractivity contribution >= 4 is 60.6 Å². The highest BCUT2D eigenvalue weighted by atomic mass is 32.2. The first kappa shape index (κ1) is 29.6. The van der Waals surface area contributed by atoms with Crippen LogP contribution in [-0.4, -0.2) is 44.2 Å². The lowest BCUT2D eigenvalue weighted by Crippen LogP contribution is -2.20. The summed E-state index contributed by atoms with van der Waals surface area (Å²) in [6.07, 6.45) is 2.67. The molecule has 3 amide bonds. The Morgan fingerprint density at radius 1 is 1.05 bits per heavy atom. The van der Waals surface area contributed by atoms with Crippen LogP contribution in [0.3, 0.4) is 0 Å². The Kier molecular flexibility index (Phi) is 8.93. The zero-order valence-electron chi connectivity index (χ0n) is 21.8. The number of aliphatic carboxylic acids is 1. The van der Waals surface area contributed by atoms with E-state index >= 15 is 0 Å². The van der Waals surface area contributed by atoms with Crippen LogP contribution >= 0.6 is 11.3 Å². The van der Waals surface area contributed by atoms with Gasteiger partial charge in [-0.15, -0.1) is 11.3 Å². The molecule has 0 saturated heterocycles. The fourth-order valence-corrected chi connectivity index (χ4v) is 5.88. The van der Waals surface area contributed by atoms with Crippen LogP contribution < -0.4 is 15.4 Å². The van der Waals surface area contributed by atoms with E-state index in [9.17, 15) is 27.4 Å². The number of carboxylic acid groups (broad SMARTS) is 1. The van der Waals surface area contributed by atoms with Crippen molar-refractivity contribution in [2.45, 2.75) is 19.8 Å². The molecule has 0 aliphatic carbocycles. The number of anilines is 2. The first-order valence-corrected chi connectivity index (χ1v) is 15.0. The van der Waals surface area contributed by atoms with E-state index < -0.39 is 39.3 Å². The third kappa shape index (κ3) is 7.83. The van der Waals surface area contributed by atoms with Crippen LogP contribution in [0.4, 0.5) is 25.0 Å². The summed E-state index contributed by atoms with van der Waals surface area (Å²) in [5.74, 6) is -2.88. The number of hydrogen-bond acceptors (Lipinski definition) is 7. The molecule has 4 rings (SSSR count). The maximum atomic E-state index is 14.8. The molecule has 0 aliphatic heterocycles. The largest absolute Gasteiger partial charge is 0.481 e. The molecular formula is C27H24F2N4O6S2. The molecule has 214 valence electrons. The fourth-order valence-electron chi connectivity index (χ4n) is 3.66. The average Bonchev–Trinajstić information content (AvgIpc) is 3.33. The van der Waals surface area contributed by atoms with Crippen LogP contribution in [0.5, 0.6) is 11.5 Å². The second-order valence-electron chi connectivity index (χ2n) is 9.00. The number of pyridine rings is 1. The highest BCUT2D eigenvalue weighted by molar-refractivity contribution is 7.93. The Morgan fingerprint density at radius 2 is 1.80 bits per heavy atom. The van der Waals surface area contributed by atoms with Gasteiger partial charge in [0.1, 0.15) is 23.1 Å². The topological polar surface area (TPSA) is 147 Å². The molecule has 2 heterocycles. The van der Waals surface area contributed by atoms with E-state index in [4.69, 9.17) is 9.84 Å². The van der Waals surface area contributed by atoms with E-state index in [1.54, 1.807) is 13.0 Å². The number of rotatable bonds is 9. The summed E-state index contributed by atoms with van der Waals surface area (Å²) in [6, 6.07) is 10.1. The molecule has 1 atom stereocenters. The summed E-state index contributed by atoms with van der Waals surface area (Å²) >= 11 is 0.999. The first-order chi connectivity index (χ1) is 19.4. The lowest BCUT2D eigenvalue weighted by molar-refractivity contribution is -0.137. The third-order valence-electron chi connectivity index (χ3n) is 5.56. The van der Waals surface area contributed by atoms with Gasteiger partial charge in [-0.2, -0.15) is 4.36 Å². The van der Waals surface area contributed by atoms with Crippen molar-refractivity contribution in [2.24, 2.45) is 4.36 Å². The van der Waals surface area contributed by atoms with Gasteiger partial charge in [-0.25, -0.2) is 17.8 Å². The monoisotopic (exact) mass is 602 g/mol. The number of thiophene rings is 1. The molecule has 2 aromatic heterocycles. The predicted octanol–water partition coefficient (Wildman–Crippen LogP) is 6.42. The lowest BCUT2D eigenvalue weighted by Gasteiger charge is -2.11. The number of aryl methyl sites for hydroxylation is 1. The number of carboxylic acids is 1. The molecule has 0 bridgehead atoms. The van der Waals surface area contributed by atoms with Crippen molar-refractivity contribution in [3.8, 4) is 11.5 Å². The van der Waals surface area contributed by atoms with Crippen LogP contribution in [0.1, 0.15) is 28.1 Å². The zero-order chi connectivity index (χ0) is 29.7. The molecule has 10 nitrogen and oxygen atoms in total. The second kappa shape index (κ2) is 12.4. The Balaban J connectivity index is 1.48. The number of nitrogens with zero attached hydrogens (tertiary/aromatic N) is 2. The number of carbonyl (C=O) groups is 3. The van der Waals surface area contributed by atoms with Gasteiger partial charge in [-0.1, -0.05) is 6.07 Å². The van der Waals surface area contributed by atoms with E-state index in [1.165, 1.54) is 48.9 Å². The van der Waals surface area contributed by atoms with E-state index in [0.717, 1.165) is 23.0 Å². The quantitative estimate of drug-likeness (QED) is 0.200. The van der Waals surface area contributed by atoms with Gasteiger partial charge in [-0.05, 0) is 49.2 Å². The number of amides is 3. The van der Waals surface area contributed by atoms with Gasteiger partial charge in [-0.3, -0.25) is 14.6 Å². The van der Waals surface area contributed by atoms with Crippen molar-refractivity contribution in [1.29, 1.82) is 0 Å². The minimum atomic E-state index is -2.94. The minimum absolute atomic E-state index is 0.0383. The highest BCUT2D eigenvalue weighted by Gasteiger charge is 2.17. The van der Waals surface area contributed by atoms with Crippen molar-refractivity contribution < 1.29 is 37.2 Å². The zero-order valence-corrected chi connectivity index (χ0v) is 23.4. The molecule has 2 aromatic carbocycles. The smallest absolute Gasteiger partial charge is 0.323 e. The maximum absolute atomic E-state index is 14.8. The van der Waals surface area contributed by atoms with Crippen LogP contribution in [0.25, 0.3) is 10.2 Å². The van der Waals surface area contributed by atoms with Gasteiger partial charge in [0.05, 0.1) is 36.2 Å². The summed E-state index contributed by atoms with van der Waals surface area (Å²) in [4.78, 5) is 40.0. The van der Waals surface area contributed by atoms with Crippen molar-refractivity contribution in [3.05, 3.63) is 76.8 Å². The number of aromatic nitrogens is 1. The highest BCUT2D eigenvalue weighted by Crippen LogP contribution is 2.36. The number of nitrogens with one attached hydrogen (secondary N) is 2. The standard InChI is InChI=1S/C27H24F2N4O6S2/c1-15-5-7-17(28)20(12-15)32-27(37)31-19-8-6-16(13-18(19)29)39-22-9-10-30-21-14-23(40-25(21)22)26(36)33-41(2,38)11-3-4-24(34)35/h5-10,12-14H,3-4,11H2,1-2H3,(H,34,35)(H2,31,32,37). The Labute approximate surface area is 237 Å². The number of fused-ring (bicyclic) bond motifs is 1. The number of carbonyl (C=O) groups excluding carboxylic acids is 2. The molecule has 0 radical (unpaired) electrons. The Hall–Kier alpha value is -4.43. The molecular weight excluding hydrogens is 578 g/mol.